The number of hydrogen-bond acceptors (Lipinski definition) is 5. The minimum Gasteiger partial charge on any atom is -0.382 e. The summed E-state index contributed by atoms with van der Waals surface area (Å²) in [5.41, 5.74) is 2.67. The van der Waals surface area contributed by atoms with Crippen LogP contribution in [-0.4, -0.2) is 39.2 Å². The molecule has 1 N–H and O–H groups in total. The summed E-state index contributed by atoms with van der Waals surface area (Å²) in [4.78, 5) is 4.20. The molecule has 2 aromatic heterocycles. The zero-order valence-corrected chi connectivity index (χ0v) is 15.1. The minimum absolute atomic E-state index is 0.293. The quantitative estimate of drug-likeness (QED) is 0.828. The van der Waals surface area contributed by atoms with Gasteiger partial charge in [-0.1, -0.05) is 16.8 Å². The maximum Gasteiger partial charge on any atom is 0.131 e. The number of aromatic nitrogens is 4. The van der Waals surface area contributed by atoms with Gasteiger partial charge >= 0.3 is 0 Å². The Labute approximate surface area is 147 Å². The Morgan fingerprint density at radius 1 is 1.29 bits per heavy atom. The zero-order valence-electron chi connectivity index (χ0n) is 14.4. The molecular weight excluding hydrogens is 326 g/mol. The van der Waals surface area contributed by atoms with Gasteiger partial charge in [-0.3, -0.25) is 0 Å². The van der Waals surface area contributed by atoms with Crippen LogP contribution in [0.2, 0.25) is 5.15 Å². The van der Waals surface area contributed by atoms with E-state index in [2.05, 4.69) is 34.5 Å². The number of pyridine rings is 1. The lowest BCUT2D eigenvalue weighted by Gasteiger charge is -2.27. The second-order valence-corrected chi connectivity index (χ2v) is 6.99. The summed E-state index contributed by atoms with van der Waals surface area (Å²) in [6, 6.07) is 2.51. The molecule has 1 saturated carbocycles. The molecule has 1 aliphatic rings. The van der Waals surface area contributed by atoms with Crippen molar-refractivity contribution in [2.75, 3.05) is 12.4 Å². The van der Waals surface area contributed by atoms with Crippen LogP contribution in [-0.2, 0) is 4.74 Å². The van der Waals surface area contributed by atoms with Gasteiger partial charge in [0.2, 0.25) is 0 Å². The highest BCUT2D eigenvalue weighted by atomic mass is 35.5. The van der Waals surface area contributed by atoms with Gasteiger partial charge < -0.3 is 10.1 Å². The summed E-state index contributed by atoms with van der Waals surface area (Å²) in [5.74, 6) is 0. The average Bonchev–Trinajstić information content (AvgIpc) is 3.04. The highest BCUT2D eigenvalue weighted by Gasteiger charge is 2.23. The summed E-state index contributed by atoms with van der Waals surface area (Å²) in [6.45, 7) is 4.17. The topological polar surface area (TPSA) is 64.9 Å². The number of rotatable bonds is 5. The molecule has 2 heterocycles. The summed E-state index contributed by atoms with van der Waals surface area (Å²) in [6.07, 6.45) is 8.41. The van der Waals surface area contributed by atoms with Crippen LogP contribution in [0.1, 0.15) is 45.6 Å². The number of anilines is 1. The molecule has 0 aliphatic heterocycles. The molecule has 0 saturated heterocycles. The fraction of sp³-hybridized carbons (Fsp3) is 0.588. The smallest absolute Gasteiger partial charge is 0.131 e. The van der Waals surface area contributed by atoms with Crippen molar-refractivity contribution in [1.82, 2.24) is 20.0 Å². The Morgan fingerprint density at radius 2 is 2.04 bits per heavy atom. The maximum atomic E-state index is 6.04. The van der Waals surface area contributed by atoms with Crippen molar-refractivity contribution >= 4 is 17.3 Å². The van der Waals surface area contributed by atoms with Crippen molar-refractivity contribution in [2.45, 2.75) is 57.7 Å². The lowest BCUT2D eigenvalue weighted by atomic mass is 9.93. The van der Waals surface area contributed by atoms with E-state index >= 15 is 0 Å². The largest absolute Gasteiger partial charge is 0.382 e. The van der Waals surface area contributed by atoms with E-state index in [0.717, 1.165) is 42.6 Å². The van der Waals surface area contributed by atoms with E-state index in [1.165, 1.54) is 0 Å². The summed E-state index contributed by atoms with van der Waals surface area (Å²) >= 11 is 6.04. The Balaban J connectivity index is 1.81. The molecule has 0 unspecified atom stereocenters. The Morgan fingerprint density at radius 3 is 2.71 bits per heavy atom. The molecule has 0 amide bonds. The second kappa shape index (κ2) is 7.49. The van der Waals surface area contributed by atoms with Crippen molar-refractivity contribution in [1.29, 1.82) is 0 Å². The Kier molecular flexibility index (Phi) is 5.36. The number of nitrogens with one attached hydrogen (secondary N) is 1. The van der Waals surface area contributed by atoms with E-state index in [1.807, 2.05) is 16.9 Å². The van der Waals surface area contributed by atoms with Gasteiger partial charge in [-0.15, -0.1) is 5.10 Å². The number of hydrogen-bond donors (Lipinski definition) is 1. The molecule has 1 aliphatic carbocycles. The number of methoxy groups -OCH3 is 1. The van der Waals surface area contributed by atoms with Crippen LogP contribution < -0.4 is 5.32 Å². The van der Waals surface area contributed by atoms with Gasteiger partial charge in [0, 0.05) is 30.6 Å². The van der Waals surface area contributed by atoms with E-state index in [4.69, 9.17) is 16.3 Å². The fourth-order valence-electron chi connectivity index (χ4n) is 3.19. The van der Waals surface area contributed by atoms with Crippen LogP contribution in [0, 0.1) is 0 Å². The van der Waals surface area contributed by atoms with Crippen LogP contribution in [0.4, 0.5) is 5.69 Å². The molecule has 3 rings (SSSR count). The van der Waals surface area contributed by atoms with Crippen molar-refractivity contribution < 1.29 is 4.74 Å². The minimum atomic E-state index is 0.293. The summed E-state index contributed by atoms with van der Waals surface area (Å²) in [5, 5.41) is 12.6. The molecule has 0 bridgehead atoms. The number of halogens is 1. The van der Waals surface area contributed by atoms with Crippen molar-refractivity contribution in [3.8, 4) is 11.3 Å². The van der Waals surface area contributed by atoms with Gasteiger partial charge in [-0.2, -0.15) is 0 Å². The van der Waals surface area contributed by atoms with Crippen LogP contribution >= 0.6 is 11.6 Å². The van der Waals surface area contributed by atoms with Crippen LogP contribution in [0.5, 0.6) is 0 Å². The first-order valence-electron chi connectivity index (χ1n) is 8.44. The molecule has 0 radical (unpaired) electrons. The van der Waals surface area contributed by atoms with E-state index in [0.29, 0.717) is 23.3 Å². The Bertz CT molecular complexity index is 679. The third kappa shape index (κ3) is 3.87. The second-order valence-electron chi connectivity index (χ2n) is 6.60. The molecule has 0 spiro atoms. The average molecular weight is 350 g/mol. The van der Waals surface area contributed by atoms with Crippen LogP contribution in [0.25, 0.3) is 11.3 Å². The molecule has 1 fully saturated rings. The molecule has 24 heavy (non-hydrogen) atoms. The lowest BCUT2D eigenvalue weighted by molar-refractivity contribution is 0.0565. The highest BCUT2D eigenvalue weighted by Crippen LogP contribution is 2.32. The molecular formula is C17H24ClN5O. The molecule has 0 atom stereocenters. The normalized spacial score (nSPS) is 21.2. The maximum absolute atomic E-state index is 6.04. The van der Waals surface area contributed by atoms with Gasteiger partial charge in [0.1, 0.15) is 10.8 Å². The van der Waals surface area contributed by atoms with Crippen LogP contribution in [0.15, 0.2) is 18.5 Å². The first-order valence-corrected chi connectivity index (χ1v) is 8.81. The van der Waals surface area contributed by atoms with Crippen molar-refractivity contribution in [3.63, 3.8) is 0 Å². The van der Waals surface area contributed by atoms with Gasteiger partial charge in [0.05, 0.1) is 18.3 Å². The van der Waals surface area contributed by atoms with Gasteiger partial charge in [0.15, 0.2) is 0 Å². The highest BCUT2D eigenvalue weighted by molar-refractivity contribution is 6.29. The van der Waals surface area contributed by atoms with E-state index in [9.17, 15) is 0 Å². The van der Waals surface area contributed by atoms with E-state index in [-0.39, 0.29) is 0 Å². The predicted octanol–water partition coefficient (Wildman–Crippen LogP) is 3.94. The van der Waals surface area contributed by atoms with Gasteiger partial charge in [-0.05, 0) is 45.6 Å². The first kappa shape index (κ1) is 17.2. The van der Waals surface area contributed by atoms with E-state index in [1.54, 1.807) is 13.3 Å². The fourth-order valence-corrected chi connectivity index (χ4v) is 3.35. The molecule has 2 aromatic rings. The van der Waals surface area contributed by atoms with Gasteiger partial charge in [-0.25, -0.2) is 9.67 Å². The third-order valence-electron chi connectivity index (χ3n) is 4.45. The summed E-state index contributed by atoms with van der Waals surface area (Å²) < 4.78 is 7.42. The molecule has 7 heteroatoms. The molecule has 130 valence electrons. The Hall–Kier alpha value is -1.66. The van der Waals surface area contributed by atoms with E-state index < -0.39 is 0 Å². The first-order chi connectivity index (χ1) is 11.6. The van der Waals surface area contributed by atoms with Crippen LogP contribution in [0.3, 0.4) is 0 Å². The van der Waals surface area contributed by atoms with Crippen molar-refractivity contribution in [3.05, 3.63) is 23.6 Å². The molecule has 0 aromatic carbocycles. The SMILES string of the molecule is COC1CCC(n2cc(-c3cnc(Cl)cc3NC(C)C)nn2)CC1. The third-order valence-corrected chi connectivity index (χ3v) is 4.66. The number of nitrogens with zero attached hydrogens (tertiary/aromatic N) is 4. The standard InChI is InChI=1S/C17H24ClN5O/c1-11(2)20-15-8-17(18)19-9-14(15)16-10-23(22-21-16)12-4-6-13(24-3)7-5-12/h8-13H,4-7H2,1-3H3,(H,19,20). The lowest BCUT2D eigenvalue weighted by Crippen LogP contribution is -2.23. The summed E-state index contributed by atoms with van der Waals surface area (Å²) in [7, 11) is 1.79. The molecule has 6 nitrogen and oxygen atoms in total. The van der Waals surface area contributed by atoms with Crippen molar-refractivity contribution in [2.24, 2.45) is 0 Å². The zero-order chi connectivity index (χ0) is 17.1. The number of ether oxygens (including phenoxy) is 1. The monoisotopic (exact) mass is 349 g/mol. The van der Waals surface area contributed by atoms with Gasteiger partial charge in [0.25, 0.3) is 0 Å². The predicted molar refractivity (Wildman–Crippen MR) is 95.3 cm³/mol.